The van der Waals surface area contributed by atoms with Gasteiger partial charge in [0.2, 0.25) is 0 Å². The zero-order valence-electron chi connectivity index (χ0n) is 9.17. The smallest absolute Gasteiger partial charge is 0.288 e. The highest BCUT2D eigenvalue weighted by molar-refractivity contribution is 7.98. The molecule has 16 heavy (non-hydrogen) atoms. The molecule has 1 heterocycles. The second kappa shape index (κ2) is 4.72. The monoisotopic (exact) mass is 243 g/mol. The van der Waals surface area contributed by atoms with E-state index in [2.05, 4.69) is 5.32 Å². The molecule has 0 bridgehead atoms. The van der Waals surface area contributed by atoms with Crippen molar-refractivity contribution in [2.24, 2.45) is 0 Å². The number of rotatable bonds is 3. The van der Waals surface area contributed by atoms with E-state index in [4.69, 9.17) is 0 Å². The van der Waals surface area contributed by atoms with Crippen LogP contribution < -0.4 is 5.32 Å². The van der Waals surface area contributed by atoms with Gasteiger partial charge in [0.15, 0.2) is 0 Å². The first-order valence-corrected chi connectivity index (χ1v) is 6.63. The summed E-state index contributed by atoms with van der Waals surface area (Å²) in [7, 11) is 0. The first kappa shape index (κ1) is 11.9. The van der Waals surface area contributed by atoms with Crippen molar-refractivity contribution < 1.29 is 8.78 Å². The molecule has 2 rings (SSSR count). The molecule has 0 amide bonds. The fourth-order valence-electron chi connectivity index (χ4n) is 2.01. The van der Waals surface area contributed by atoms with Gasteiger partial charge >= 0.3 is 0 Å². The van der Waals surface area contributed by atoms with Gasteiger partial charge in [0.25, 0.3) is 5.92 Å². The molecule has 1 atom stereocenters. The minimum atomic E-state index is -2.76. The van der Waals surface area contributed by atoms with Crippen molar-refractivity contribution in [1.82, 2.24) is 5.32 Å². The van der Waals surface area contributed by atoms with E-state index in [0.717, 1.165) is 11.3 Å². The topological polar surface area (TPSA) is 12.0 Å². The van der Waals surface area contributed by atoms with E-state index in [-0.39, 0.29) is 5.56 Å². The van der Waals surface area contributed by atoms with Crippen LogP contribution >= 0.6 is 11.8 Å². The van der Waals surface area contributed by atoms with Crippen molar-refractivity contribution in [2.45, 2.75) is 29.7 Å². The maximum atomic E-state index is 14.0. The van der Waals surface area contributed by atoms with E-state index in [1.807, 2.05) is 6.26 Å². The predicted molar refractivity (Wildman–Crippen MR) is 63.1 cm³/mol. The fourth-order valence-corrected chi connectivity index (χ4v) is 2.42. The van der Waals surface area contributed by atoms with Crippen molar-refractivity contribution in [2.75, 3.05) is 12.8 Å². The highest BCUT2D eigenvalue weighted by Crippen LogP contribution is 2.36. The SMILES string of the molecule is CSc1ccc(C(F)(F)C2CCCN2)cc1. The molecule has 1 aromatic rings. The van der Waals surface area contributed by atoms with E-state index in [1.165, 1.54) is 12.1 Å². The average Bonchev–Trinajstić information content (AvgIpc) is 2.83. The van der Waals surface area contributed by atoms with Gasteiger partial charge in [-0.25, -0.2) is 0 Å². The van der Waals surface area contributed by atoms with E-state index >= 15 is 0 Å². The molecular formula is C12H15F2NS. The molecule has 0 aromatic heterocycles. The van der Waals surface area contributed by atoms with Crippen LogP contribution in [0.25, 0.3) is 0 Å². The Morgan fingerprint density at radius 2 is 2.00 bits per heavy atom. The lowest BCUT2D eigenvalue weighted by atomic mass is 10.00. The van der Waals surface area contributed by atoms with Crippen LogP contribution in [0.1, 0.15) is 18.4 Å². The second-order valence-corrected chi connectivity index (χ2v) is 4.88. The fraction of sp³-hybridized carbons (Fsp3) is 0.500. The first-order valence-electron chi connectivity index (χ1n) is 5.40. The van der Waals surface area contributed by atoms with E-state index in [1.54, 1.807) is 23.9 Å². The number of hydrogen-bond acceptors (Lipinski definition) is 2. The summed E-state index contributed by atoms with van der Waals surface area (Å²) in [5, 5.41) is 2.87. The van der Waals surface area contributed by atoms with Gasteiger partial charge in [-0.1, -0.05) is 12.1 Å². The van der Waals surface area contributed by atoms with Gasteiger partial charge in [-0.15, -0.1) is 11.8 Å². The maximum Gasteiger partial charge on any atom is 0.288 e. The van der Waals surface area contributed by atoms with Crippen molar-refractivity contribution in [3.05, 3.63) is 29.8 Å². The standard InChI is InChI=1S/C12H15F2NS/c1-16-10-6-4-9(5-7-10)12(13,14)11-3-2-8-15-11/h4-7,11,15H,2-3,8H2,1H3. The number of thioether (sulfide) groups is 1. The molecule has 0 spiro atoms. The first-order chi connectivity index (χ1) is 7.64. The minimum absolute atomic E-state index is 0.115. The lowest BCUT2D eigenvalue weighted by molar-refractivity contribution is -0.0376. The van der Waals surface area contributed by atoms with Crippen molar-refractivity contribution >= 4 is 11.8 Å². The van der Waals surface area contributed by atoms with Crippen LogP contribution in [0.5, 0.6) is 0 Å². The number of halogens is 2. The summed E-state index contributed by atoms with van der Waals surface area (Å²) in [5.41, 5.74) is 0.115. The van der Waals surface area contributed by atoms with Crippen LogP contribution in [0.2, 0.25) is 0 Å². The maximum absolute atomic E-state index is 14.0. The predicted octanol–water partition coefficient (Wildman–Crippen LogP) is 3.25. The van der Waals surface area contributed by atoms with Crippen LogP contribution in [0.15, 0.2) is 29.2 Å². The number of hydrogen-bond donors (Lipinski definition) is 1. The summed E-state index contributed by atoms with van der Waals surface area (Å²) in [4.78, 5) is 1.01. The third-order valence-electron chi connectivity index (χ3n) is 2.97. The summed E-state index contributed by atoms with van der Waals surface area (Å²) < 4.78 is 28.1. The van der Waals surface area contributed by atoms with E-state index < -0.39 is 12.0 Å². The lowest BCUT2D eigenvalue weighted by Gasteiger charge is -2.23. The minimum Gasteiger partial charge on any atom is -0.308 e. The Morgan fingerprint density at radius 3 is 2.50 bits per heavy atom. The largest absolute Gasteiger partial charge is 0.308 e. The van der Waals surface area contributed by atoms with Crippen LogP contribution in [-0.2, 0) is 5.92 Å². The van der Waals surface area contributed by atoms with Gasteiger partial charge in [-0.3, -0.25) is 0 Å². The number of nitrogens with one attached hydrogen (secondary N) is 1. The zero-order chi connectivity index (χ0) is 11.6. The normalized spacial score (nSPS) is 21.3. The summed E-state index contributed by atoms with van der Waals surface area (Å²) in [6, 6.07) is 5.87. The molecule has 1 unspecified atom stereocenters. The summed E-state index contributed by atoms with van der Waals surface area (Å²) in [6.07, 6.45) is 3.33. The molecule has 0 aliphatic carbocycles. The molecule has 0 saturated carbocycles. The molecule has 88 valence electrons. The Morgan fingerprint density at radius 1 is 1.31 bits per heavy atom. The molecule has 4 heteroatoms. The zero-order valence-corrected chi connectivity index (χ0v) is 9.99. The van der Waals surface area contributed by atoms with Crippen LogP contribution in [0.3, 0.4) is 0 Å². The third kappa shape index (κ3) is 2.23. The van der Waals surface area contributed by atoms with Crippen LogP contribution in [-0.4, -0.2) is 18.8 Å². The molecule has 1 aromatic carbocycles. The number of alkyl halides is 2. The van der Waals surface area contributed by atoms with Gasteiger partial charge in [0.1, 0.15) is 0 Å². The summed E-state index contributed by atoms with van der Waals surface area (Å²) >= 11 is 1.56. The van der Waals surface area contributed by atoms with Crippen LogP contribution in [0, 0.1) is 0 Å². The van der Waals surface area contributed by atoms with Crippen molar-refractivity contribution in [3.63, 3.8) is 0 Å². The molecule has 1 N–H and O–H groups in total. The Kier molecular flexibility index (Phi) is 3.50. The van der Waals surface area contributed by atoms with Crippen molar-refractivity contribution in [1.29, 1.82) is 0 Å². The van der Waals surface area contributed by atoms with Crippen LogP contribution in [0.4, 0.5) is 8.78 Å². The Labute approximate surface area is 98.6 Å². The van der Waals surface area contributed by atoms with Gasteiger partial charge in [-0.2, -0.15) is 8.78 Å². The van der Waals surface area contributed by atoms with Crippen molar-refractivity contribution in [3.8, 4) is 0 Å². The molecule has 1 aliphatic heterocycles. The second-order valence-electron chi connectivity index (χ2n) is 4.00. The summed E-state index contributed by atoms with van der Waals surface area (Å²) in [5.74, 6) is -2.76. The van der Waals surface area contributed by atoms with Gasteiger partial charge in [-0.05, 0) is 37.8 Å². The Balaban J connectivity index is 2.20. The third-order valence-corrected chi connectivity index (χ3v) is 3.72. The van der Waals surface area contributed by atoms with Gasteiger partial charge < -0.3 is 5.32 Å². The molecule has 1 saturated heterocycles. The van der Waals surface area contributed by atoms with E-state index in [9.17, 15) is 8.78 Å². The highest BCUT2D eigenvalue weighted by Gasteiger charge is 2.42. The quantitative estimate of drug-likeness (QED) is 0.818. The lowest BCUT2D eigenvalue weighted by Crippen LogP contribution is -2.38. The molecule has 1 nitrogen and oxygen atoms in total. The highest BCUT2D eigenvalue weighted by atomic mass is 32.2. The van der Waals surface area contributed by atoms with E-state index in [0.29, 0.717) is 13.0 Å². The number of benzene rings is 1. The molecular weight excluding hydrogens is 228 g/mol. The Bertz CT molecular complexity index is 345. The Hall–Kier alpha value is -0.610. The average molecular weight is 243 g/mol. The molecule has 0 radical (unpaired) electrons. The molecule has 1 aliphatic rings. The summed E-state index contributed by atoms with van der Waals surface area (Å²) in [6.45, 7) is 0.698. The van der Waals surface area contributed by atoms with Gasteiger partial charge in [0, 0.05) is 10.5 Å². The molecule has 1 fully saturated rings. The van der Waals surface area contributed by atoms with Gasteiger partial charge in [0.05, 0.1) is 6.04 Å².